The number of aromatic nitrogens is 2. The van der Waals surface area contributed by atoms with Gasteiger partial charge in [0, 0.05) is 12.2 Å². The first-order valence-electron chi connectivity index (χ1n) is 6.75. The molecule has 102 valence electrons. The number of rotatable bonds is 4. The molecule has 0 aliphatic carbocycles. The minimum absolute atomic E-state index is 0.743. The molecule has 0 radical (unpaired) electrons. The van der Waals surface area contributed by atoms with Crippen molar-refractivity contribution < 1.29 is 0 Å². The zero-order valence-electron chi connectivity index (χ0n) is 11.5. The van der Waals surface area contributed by atoms with Crippen molar-refractivity contribution in [2.45, 2.75) is 13.3 Å². The second kappa shape index (κ2) is 5.25. The minimum atomic E-state index is 0.743. The molecule has 0 saturated carbocycles. The van der Waals surface area contributed by atoms with Gasteiger partial charge in [-0.15, -0.1) is 0 Å². The number of anilines is 2. The van der Waals surface area contributed by atoms with Crippen LogP contribution in [-0.4, -0.2) is 16.5 Å². The Bertz CT molecular complexity index is 713. The van der Waals surface area contributed by atoms with Crippen molar-refractivity contribution in [2.75, 3.05) is 17.6 Å². The van der Waals surface area contributed by atoms with Gasteiger partial charge in [0.05, 0.1) is 11.0 Å². The van der Waals surface area contributed by atoms with Crippen LogP contribution in [0.3, 0.4) is 0 Å². The summed E-state index contributed by atoms with van der Waals surface area (Å²) in [7, 11) is 0. The number of hydrogen-bond acceptors (Lipinski definition) is 3. The van der Waals surface area contributed by atoms with Gasteiger partial charge < -0.3 is 16.0 Å². The van der Waals surface area contributed by atoms with E-state index in [0.717, 1.165) is 35.6 Å². The van der Waals surface area contributed by atoms with E-state index < -0.39 is 0 Å². The summed E-state index contributed by atoms with van der Waals surface area (Å²) >= 11 is 0. The highest BCUT2D eigenvalue weighted by atomic mass is 15.1. The number of fused-ring (bicyclic) bond motifs is 1. The molecule has 0 bridgehead atoms. The second-order valence-electron chi connectivity index (χ2n) is 5.02. The number of H-pyrrole nitrogens is 1. The maximum absolute atomic E-state index is 5.75. The predicted molar refractivity (Wildman–Crippen MR) is 83.9 cm³/mol. The summed E-state index contributed by atoms with van der Waals surface area (Å²) in [6, 6.07) is 14.3. The Hall–Kier alpha value is -2.49. The number of benzene rings is 2. The van der Waals surface area contributed by atoms with Crippen molar-refractivity contribution in [1.29, 1.82) is 0 Å². The van der Waals surface area contributed by atoms with Gasteiger partial charge in [-0.1, -0.05) is 29.8 Å². The summed E-state index contributed by atoms with van der Waals surface area (Å²) in [5, 5.41) is 3.31. The molecule has 4 N–H and O–H groups in total. The van der Waals surface area contributed by atoms with Crippen LogP contribution in [0, 0.1) is 6.92 Å². The Morgan fingerprint density at radius 2 is 1.95 bits per heavy atom. The highest BCUT2D eigenvalue weighted by molar-refractivity contribution is 5.80. The number of aryl methyl sites for hydroxylation is 1. The Labute approximate surface area is 118 Å². The number of hydrogen-bond donors (Lipinski definition) is 3. The Morgan fingerprint density at radius 1 is 1.15 bits per heavy atom. The van der Waals surface area contributed by atoms with E-state index in [9.17, 15) is 0 Å². The van der Waals surface area contributed by atoms with Crippen LogP contribution < -0.4 is 11.1 Å². The number of imidazole rings is 1. The topological polar surface area (TPSA) is 66.7 Å². The molecular formula is C16H18N4. The van der Waals surface area contributed by atoms with Crippen LogP contribution in [0.4, 0.5) is 11.6 Å². The van der Waals surface area contributed by atoms with Gasteiger partial charge in [-0.05, 0) is 37.1 Å². The smallest absolute Gasteiger partial charge is 0.201 e. The fraction of sp³-hybridized carbons (Fsp3) is 0.188. The van der Waals surface area contributed by atoms with Crippen molar-refractivity contribution in [1.82, 2.24) is 9.97 Å². The van der Waals surface area contributed by atoms with Gasteiger partial charge in [-0.25, -0.2) is 4.98 Å². The highest BCUT2D eigenvalue weighted by Gasteiger charge is 2.02. The lowest BCUT2D eigenvalue weighted by Gasteiger charge is -2.03. The van der Waals surface area contributed by atoms with E-state index >= 15 is 0 Å². The fourth-order valence-electron chi connectivity index (χ4n) is 2.19. The molecule has 0 amide bonds. The fourth-order valence-corrected chi connectivity index (χ4v) is 2.19. The molecule has 0 atom stereocenters. The van der Waals surface area contributed by atoms with Crippen LogP contribution in [0.15, 0.2) is 42.5 Å². The SMILES string of the molecule is Cc1ccc(CCNc2nc3ccc(N)cc3[nH]2)cc1. The number of nitrogens with two attached hydrogens (primary N) is 1. The van der Waals surface area contributed by atoms with Crippen LogP contribution in [0.5, 0.6) is 0 Å². The molecule has 3 aromatic rings. The number of nitrogens with one attached hydrogen (secondary N) is 2. The third-order valence-electron chi connectivity index (χ3n) is 3.33. The summed E-state index contributed by atoms with van der Waals surface area (Å²) in [5.41, 5.74) is 11.0. The van der Waals surface area contributed by atoms with Crippen molar-refractivity contribution in [2.24, 2.45) is 0 Å². The molecule has 20 heavy (non-hydrogen) atoms. The van der Waals surface area contributed by atoms with Crippen LogP contribution in [-0.2, 0) is 6.42 Å². The maximum Gasteiger partial charge on any atom is 0.201 e. The molecule has 0 aliphatic heterocycles. The quantitative estimate of drug-likeness (QED) is 0.636. The van der Waals surface area contributed by atoms with Crippen LogP contribution >= 0.6 is 0 Å². The molecule has 0 aliphatic rings. The van der Waals surface area contributed by atoms with E-state index in [1.54, 1.807) is 0 Å². The Balaban J connectivity index is 1.63. The second-order valence-corrected chi connectivity index (χ2v) is 5.02. The third kappa shape index (κ3) is 2.74. The molecule has 4 nitrogen and oxygen atoms in total. The largest absolute Gasteiger partial charge is 0.399 e. The standard InChI is InChI=1S/C16H18N4/c1-11-2-4-12(5-3-11)8-9-18-16-19-14-7-6-13(17)10-15(14)20-16/h2-7,10H,8-9,17H2,1H3,(H2,18,19,20). The zero-order valence-corrected chi connectivity index (χ0v) is 11.5. The molecule has 4 heteroatoms. The van der Waals surface area contributed by atoms with Crippen LogP contribution in [0.2, 0.25) is 0 Å². The molecule has 1 aromatic heterocycles. The Kier molecular flexibility index (Phi) is 3.29. The molecule has 2 aromatic carbocycles. The van der Waals surface area contributed by atoms with E-state index in [2.05, 4.69) is 46.5 Å². The van der Waals surface area contributed by atoms with Crippen LogP contribution in [0.25, 0.3) is 11.0 Å². The molecule has 0 fully saturated rings. The number of nitrogen functional groups attached to an aromatic ring is 1. The lowest BCUT2D eigenvalue weighted by molar-refractivity contribution is 0.998. The van der Waals surface area contributed by atoms with Gasteiger partial charge in [0.2, 0.25) is 5.95 Å². The monoisotopic (exact) mass is 266 g/mol. The van der Waals surface area contributed by atoms with Crippen molar-refractivity contribution in [3.8, 4) is 0 Å². The molecule has 3 rings (SSSR count). The van der Waals surface area contributed by atoms with Gasteiger partial charge in [0.15, 0.2) is 0 Å². The third-order valence-corrected chi connectivity index (χ3v) is 3.33. The van der Waals surface area contributed by atoms with E-state index in [0.29, 0.717) is 0 Å². The zero-order chi connectivity index (χ0) is 13.9. The predicted octanol–water partition coefficient (Wildman–Crippen LogP) is 3.11. The van der Waals surface area contributed by atoms with E-state index in [-0.39, 0.29) is 0 Å². The average Bonchev–Trinajstić information content (AvgIpc) is 2.83. The summed E-state index contributed by atoms with van der Waals surface area (Å²) in [4.78, 5) is 7.71. The summed E-state index contributed by atoms with van der Waals surface area (Å²) in [6.07, 6.45) is 0.972. The van der Waals surface area contributed by atoms with Gasteiger partial charge in [0.25, 0.3) is 0 Å². The van der Waals surface area contributed by atoms with Crippen LogP contribution in [0.1, 0.15) is 11.1 Å². The first kappa shape index (κ1) is 12.5. The lowest BCUT2D eigenvalue weighted by Crippen LogP contribution is -2.05. The normalized spacial score (nSPS) is 10.8. The summed E-state index contributed by atoms with van der Waals surface area (Å²) < 4.78 is 0. The first-order chi connectivity index (χ1) is 9.70. The van der Waals surface area contributed by atoms with Crippen molar-refractivity contribution in [3.63, 3.8) is 0 Å². The van der Waals surface area contributed by atoms with Crippen molar-refractivity contribution in [3.05, 3.63) is 53.6 Å². The van der Waals surface area contributed by atoms with E-state index in [1.165, 1.54) is 11.1 Å². The first-order valence-corrected chi connectivity index (χ1v) is 6.75. The summed E-state index contributed by atoms with van der Waals surface area (Å²) in [5.74, 6) is 0.790. The number of nitrogens with zero attached hydrogens (tertiary/aromatic N) is 1. The van der Waals surface area contributed by atoms with Crippen molar-refractivity contribution >= 4 is 22.7 Å². The molecule has 0 unspecified atom stereocenters. The Morgan fingerprint density at radius 3 is 2.75 bits per heavy atom. The van der Waals surface area contributed by atoms with Gasteiger partial charge in [-0.2, -0.15) is 0 Å². The van der Waals surface area contributed by atoms with E-state index in [1.807, 2.05) is 18.2 Å². The molecule has 0 spiro atoms. The highest BCUT2D eigenvalue weighted by Crippen LogP contribution is 2.17. The number of aromatic amines is 1. The van der Waals surface area contributed by atoms with Gasteiger partial charge in [-0.3, -0.25) is 0 Å². The molecule has 1 heterocycles. The van der Waals surface area contributed by atoms with E-state index in [4.69, 9.17) is 5.73 Å². The minimum Gasteiger partial charge on any atom is -0.399 e. The van der Waals surface area contributed by atoms with Gasteiger partial charge >= 0.3 is 0 Å². The van der Waals surface area contributed by atoms with Gasteiger partial charge in [0.1, 0.15) is 0 Å². The summed E-state index contributed by atoms with van der Waals surface area (Å²) in [6.45, 7) is 2.94. The average molecular weight is 266 g/mol. The molecule has 0 saturated heterocycles. The maximum atomic E-state index is 5.75. The molecular weight excluding hydrogens is 248 g/mol. The lowest BCUT2D eigenvalue weighted by atomic mass is 10.1.